The highest BCUT2D eigenvalue weighted by molar-refractivity contribution is 5.71. The highest BCUT2D eigenvalue weighted by atomic mass is 16.6. The van der Waals surface area contributed by atoms with Crippen LogP contribution in [0.2, 0.25) is 0 Å². The molecule has 2 fully saturated rings. The van der Waals surface area contributed by atoms with Gasteiger partial charge >= 0.3 is 5.69 Å². The molecule has 126 valence electrons. The van der Waals surface area contributed by atoms with Gasteiger partial charge in [0.2, 0.25) is 17.6 Å². The molecular formula is C15H24N6O2. The van der Waals surface area contributed by atoms with Crippen molar-refractivity contribution in [2.24, 2.45) is 11.8 Å². The van der Waals surface area contributed by atoms with Gasteiger partial charge in [0, 0.05) is 26.2 Å². The van der Waals surface area contributed by atoms with Gasteiger partial charge in [0.1, 0.15) is 0 Å². The molecule has 1 aromatic heterocycles. The van der Waals surface area contributed by atoms with E-state index in [4.69, 9.17) is 5.73 Å². The summed E-state index contributed by atoms with van der Waals surface area (Å²) >= 11 is 0. The molecule has 0 radical (unpaired) electrons. The Labute approximate surface area is 135 Å². The maximum atomic E-state index is 11.5. The van der Waals surface area contributed by atoms with E-state index in [1.165, 1.54) is 0 Å². The SMILES string of the molecule is C[C@H]1C[C@H](C)CN(c2nc(N3CCCC3)nc(N)c2[N+](=O)[O-])C1. The Hall–Kier alpha value is -2.12. The van der Waals surface area contributed by atoms with Gasteiger partial charge in [-0.05, 0) is 31.1 Å². The summed E-state index contributed by atoms with van der Waals surface area (Å²) in [7, 11) is 0. The molecule has 0 amide bonds. The quantitative estimate of drug-likeness (QED) is 0.671. The molecule has 0 spiro atoms. The first-order chi connectivity index (χ1) is 11.0. The first kappa shape index (κ1) is 15.8. The van der Waals surface area contributed by atoms with E-state index in [-0.39, 0.29) is 11.5 Å². The second-order valence-electron chi connectivity index (χ2n) is 6.88. The normalized spacial score (nSPS) is 25.0. The minimum absolute atomic E-state index is 0.0345. The summed E-state index contributed by atoms with van der Waals surface area (Å²) in [5.41, 5.74) is 5.76. The van der Waals surface area contributed by atoms with Crippen molar-refractivity contribution in [1.82, 2.24) is 9.97 Å². The Morgan fingerprint density at radius 3 is 2.30 bits per heavy atom. The molecule has 8 nitrogen and oxygen atoms in total. The molecule has 0 aliphatic carbocycles. The third-order valence-corrected chi connectivity index (χ3v) is 4.62. The van der Waals surface area contributed by atoms with E-state index < -0.39 is 4.92 Å². The standard InChI is InChI=1S/C15H24N6O2/c1-10-7-11(2)9-20(8-10)14-12(21(22)23)13(16)17-15(18-14)19-5-3-4-6-19/h10-11H,3-9H2,1-2H3,(H2,16,17,18)/t10-,11-/m0/s1. The highest BCUT2D eigenvalue weighted by Crippen LogP contribution is 2.36. The average molecular weight is 320 g/mol. The van der Waals surface area contributed by atoms with Gasteiger partial charge in [-0.2, -0.15) is 9.97 Å². The third-order valence-electron chi connectivity index (χ3n) is 4.62. The number of nitro groups is 1. The van der Waals surface area contributed by atoms with E-state index in [0.717, 1.165) is 45.4 Å². The van der Waals surface area contributed by atoms with Crippen LogP contribution in [0.15, 0.2) is 0 Å². The molecule has 3 rings (SSSR count). The van der Waals surface area contributed by atoms with Crippen molar-refractivity contribution in [1.29, 1.82) is 0 Å². The van der Waals surface area contributed by atoms with Gasteiger partial charge in [0.05, 0.1) is 4.92 Å². The zero-order valence-corrected chi connectivity index (χ0v) is 13.7. The minimum atomic E-state index is -0.456. The molecule has 2 aliphatic heterocycles. The summed E-state index contributed by atoms with van der Waals surface area (Å²) in [5, 5.41) is 11.5. The summed E-state index contributed by atoms with van der Waals surface area (Å²) in [6.45, 7) is 7.62. The maximum Gasteiger partial charge on any atom is 0.353 e. The van der Waals surface area contributed by atoms with Gasteiger partial charge in [0.25, 0.3) is 0 Å². The van der Waals surface area contributed by atoms with Gasteiger partial charge in [-0.3, -0.25) is 10.1 Å². The number of piperidine rings is 1. The number of aromatic nitrogens is 2. The van der Waals surface area contributed by atoms with E-state index in [1.807, 2.05) is 4.90 Å². The largest absolute Gasteiger partial charge is 0.378 e. The number of anilines is 3. The Balaban J connectivity index is 2.02. The second-order valence-corrected chi connectivity index (χ2v) is 6.88. The molecule has 0 aromatic carbocycles. The lowest BCUT2D eigenvalue weighted by Gasteiger charge is -2.35. The second kappa shape index (κ2) is 6.17. The van der Waals surface area contributed by atoms with Crippen molar-refractivity contribution in [2.75, 3.05) is 41.7 Å². The van der Waals surface area contributed by atoms with Gasteiger partial charge in [-0.25, -0.2) is 0 Å². The van der Waals surface area contributed by atoms with Gasteiger partial charge in [-0.15, -0.1) is 0 Å². The van der Waals surface area contributed by atoms with E-state index in [9.17, 15) is 10.1 Å². The summed E-state index contributed by atoms with van der Waals surface area (Å²) in [6.07, 6.45) is 3.31. The Morgan fingerprint density at radius 2 is 1.74 bits per heavy atom. The number of nitrogens with two attached hydrogens (primary N) is 1. The van der Waals surface area contributed by atoms with Crippen molar-refractivity contribution in [3.63, 3.8) is 0 Å². The topological polar surface area (TPSA) is 101 Å². The van der Waals surface area contributed by atoms with E-state index in [1.54, 1.807) is 0 Å². The van der Waals surface area contributed by atoms with Crippen LogP contribution in [0.25, 0.3) is 0 Å². The van der Waals surface area contributed by atoms with E-state index in [2.05, 4.69) is 28.7 Å². The van der Waals surface area contributed by atoms with Gasteiger partial charge < -0.3 is 15.5 Å². The molecule has 0 unspecified atom stereocenters. The number of nitrogen functional groups attached to an aromatic ring is 1. The van der Waals surface area contributed by atoms with Gasteiger partial charge in [-0.1, -0.05) is 13.8 Å². The number of nitrogens with zero attached hydrogens (tertiary/aromatic N) is 5. The summed E-state index contributed by atoms with van der Waals surface area (Å²) in [5.74, 6) is 1.82. The van der Waals surface area contributed by atoms with Crippen molar-refractivity contribution in [3.8, 4) is 0 Å². The summed E-state index contributed by atoms with van der Waals surface area (Å²) < 4.78 is 0. The van der Waals surface area contributed by atoms with Crippen LogP contribution in [0.5, 0.6) is 0 Å². The summed E-state index contributed by atoms with van der Waals surface area (Å²) in [4.78, 5) is 23.8. The first-order valence-electron chi connectivity index (χ1n) is 8.27. The predicted octanol–water partition coefficient (Wildman–Crippen LogP) is 2.05. The van der Waals surface area contributed by atoms with E-state index in [0.29, 0.717) is 23.6 Å². The fraction of sp³-hybridized carbons (Fsp3) is 0.733. The smallest absolute Gasteiger partial charge is 0.353 e. The molecule has 0 saturated carbocycles. The number of rotatable bonds is 3. The lowest BCUT2D eigenvalue weighted by atomic mass is 9.92. The molecule has 8 heteroatoms. The molecule has 0 bridgehead atoms. The molecule has 2 N–H and O–H groups in total. The van der Waals surface area contributed by atoms with Crippen LogP contribution in [-0.2, 0) is 0 Å². The number of hydrogen-bond donors (Lipinski definition) is 1. The van der Waals surface area contributed by atoms with Crippen molar-refractivity contribution in [2.45, 2.75) is 33.1 Å². The molecule has 2 atom stereocenters. The first-order valence-corrected chi connectivity index (χ1v) is 8.27. The lowest BCUT2D eigenvalue weighted by Crippen LogP contribution is -2.40. The van der Waals surface area contributed by atoms with E-state index >= 15 is 0 Å². The highest BCUT2D eigenvalue weighted by Gasteiger charge is 2.32. The van der Waals surface area contributed by atoms with Crippen LogP contribution in [0.1, 0.15) is 33.1 Å². The molecule has 2 aliphatic rings. The zero-order chi connectivity index (χ0) is 16.6. The minimum Gasteiger partial charge on any atom is -0.378 e. The van der Waals surface area contributed by atoms with Crippen LogP contribution in [0.3, 0.4) is 0 Å². The average Bonchev–Trinajstić information content (AvgIpc) is 2.99. The lowest BCUT2D eigenvalue weighted by molar-refractivity contribution is -0.383. The van der Waals surface area contributed by atoms with Gasteiger partial charge in [0.15, 0.2) is 0 Å². The van der Waals surface area contributed by atoms with Crippen molar-refractivity contribution >= 4 is 23.3 Å². The van der Waals surface area contributed by atoms with Crippen LogP contribution in [0, 0.1) is 22.0 Å². The van der Waals surface area contributed by atoms with Crippen LogP contribution in [-0.4, -0.2) is 41.1 Å². The zero-order valence-electron chi connectivity index (χ0n) is 13.7. The fourth-order valence-corrected chi connectivity index (χ4v) is 3.74. The molecular weight excluding hydrogens is 296 g/mol. The summed E-state index contributed by atoms with van der Waals surface area (Å²) in [6, 6.07) is 0. The van der Waals surface area contributed by atoms with Crippen LogP contribution in [0.4, 0.5) is 23.3 Å². The maximum absolute atomic E-state index is 11.5. The Kier molecular flexibility index (Phi) is 4.23. The fourth-order valence-electron chi connectivity index (χ4n) is 3.74. The predicted molar refractivity (Wildman–Crippen MR) is 89.7 cm³/mol. The Morgan fingerprint density at radius 1 is 1.13 bits per heavy atom. The molecule has 1 aromatic rings. The Bertz CT molecular complexity index is 592. The molecule has 3 heterocycles. The monoisotopic (exact) mass is 320 g/mol. The van der Waals surface area contributed by atoms with Crippen molar-refractivity contribution < 1.29 is 4.92 Å². The molecule has 23 heavy (non-hydrogen) atoms. The molecule has 2 saturated heterocycles. The van der Waals surface area contributed by atoms with Crippen LogP contribution >= 0.6 is 0 Å². The van der Waals surface area contributed by atoms with Crippen LogP contribution < -0.4 is 15.5 Å². The number of hydrogen-bond acceptors (Lipinski definition) is 7. The van der Waals surface area contributed by atoms with Crippen molar-refractivity contribution in [3.05, 3.63) is 10.1 Å². The third kappa shape index (κ3) is 3.16.